The van der Waals surface area contributed by atoms with E-state index in [-0.39, 0.29) is 11.7 Å². The lowest BCUT2D eigenvalue weighted by molar-refractivity contribution is 0.102. The summed E-state index contributed by atoms with van der Waals surface area (Å²) < 4.78 is 12.8. The SMILES string of the molecule is CN(C)CCCNc1ccc(C(=O)Nc2ccc(F)cc2)nc1. The number of halogens is 1. The fraction of sp³-hybridized carbons (Fsp3) is 0.294. The third kappa shape index (κ3) is 5.67. The molecule has 0 fully saturated rings. The predicted molar refractivity (Wildman–Crippen MR) is 90.3 cm³/mol. The first-order valence-corrected chi connectivity index (χ1v) is 7.46. The third-order valence-electron chi connectivity index (χ3n) is 3.21. The molecule has 2 aromatic rings. The Morgan fingerprint density at radius 1 is 1.13 bits per heavy atom. The number of rotatable bonds is 7. The summed E-state index contributed by atoms with van der Waals surface area (Å²) in [6.07, 6.45) is 2.66. The molecule has 6 heteroatoms. The van der Waals surface area contributed by atoms with E-state index in [9.17, 15) is 9.18 Å². The van der Waals surface area contributed by atoms with Crippen molar-refractivity contribution in [3.8, 4) is 0 Å². The monoisotopic (exact) mass is 316 g/mol. The quantitative estimate of drug-likeness (QED) is 0.771. The summed E-state index contributed by atoms with van der Waals surface area (Å²) in [4.78, 5) is 18.3. The van der Waals surface area contributed by atoms with Crippen molar-refractivity contribution in [2.45, 2.75) is 6.42 Å². The van der Waals surface area contributed by atoms with E-state index in [4.69, 9.17) is 0 Å². The van der Waals surface area contributed by atoms with Crippen LogP contribution in [-0.4, -0.2) is 43.0 Å². The van der Waals surface area contributed by atoms with Gasteiger partial charge in [0.2, 0.25) is 0 Å². The highest BCUT2D eigenvalue weighted by Crippen LogP contribution is 2.11. The number of carbonyl (C=O) groups excluding carboxylic acids is 1. The van der Waals surface area contributed by atoms with Gasteiger partial charge in [0.15, 0.2) is 0 Å². The Balaban J connectivity index is 1.86. The molecule has 0 saturated carbocycles. The van der Waals surface area contributed by atoms with Crippen LogP contribution in [0.15, 0.2) is 42.6 Å². The summed E-state index contributed by atoms with van der Waals surface area (Å²) in [5, 5.41) is 5.94. The van der Waals surface area contributed by atoms with Crippen molar-refractivity contribution in [1.82, 2.24) is 9.88 Å². The second-order valence-electron chi connectivity index (χ2n) is 5.48. The Labute approximate surface area is 135 Å². The van der Waals surface area contributed by atoms with Crippen LogP contribution in [0.5, 0.6) is 0 Å². The van der Waals surface area contributed by atoms with Gasteiger partial charge in [0.25, 0.3) is 5.91 Å². The van der Waals surface area contributed by atoms with E-state index in [1.807, 2.05) is 20.2 Å². The molecule has 0 atom stereocenters. The molecule has 0 unspecified atom stereocenters. The molecule has 0 saturated heterocycles. The zero-order chi connectivity index (χ0) is 16.7. The summed E-state index contributed by atoms with van der Waals surface area (Å²) in [7, 11) is 4.08. The van der Waals surface area contributed by atoms with Crippen molar-refractivity contribution in [2.75, 3.05) is 37.8 Å². The molecule has 1 heterocycles. The Hall–Kier alpha value is -2.47. The molecule has 0 aliphatic heterocycles. The largest absolute Gasteiger partial charge is 0.384 e. The minimum Gasteiger partial charge on any atom is -0.384 e. The van der Waals surface area contributed by atoms with Crippen LogP contribution in [0.4, 0.5) is 15.8 Å². The first-order chi connectivity index (χ1) is 11.0. The fourth-order valence-corrected chi connectivity index (χ4v) is 1.99. The number of anilines is 2. The van der Waals surface area contributed by atoms with Gasteiger partial charge in [0.05, 0.1) is 11.9 Å². The maximum Gasteiger partial charge on any atom is 0.274 e. The molecule has 23 heavy (non-hydrogen) atoms. The van der Waals surface area contributed by atoms with E-state index in [2.05, 4.69) is 20.5 Å². The van der Waals surface area contributed by atoms with Gasteiger partial charge in [0.1, 0.15) is 11.5 Å². The molecule has 2 rings (SSSR count). The number of nitrogens with one attached hydrogen (secondary N) is 2. The number of hydrogen-bond acceptors (Lipinski definition) is 4. The Bertz CT molecular complexity index is 626. The van der Waals surface area contributed by atoms with Gasteiger partial charge in [-0.3, -0.25) is 4.79 Å². The van der Waals surface area contributed by atoms with Crippen LogP contribution in [0.1, 0.15) is 16.9 Å². The number of pyridine rings is 1. The van der Waals surface area contributed by atoms with Crippen molar-refractivity contribution < 1.29 is 9.18 Å². The molecular weight excluding hydrogens is 295 g/mol. The number of hydrogen-bond donors (Lipinski definition) is 2. The van der Waals surface area contributed by atoms with Gasteiger partial charge in [-0.15, -0.1) is 0 Å². The summed E-state index contributed by atoms with van der Waals surface area (Å²) in [6.45, 7) is 1.86. The molecule has 1 aromatic carbocycles. The number of nitrogens with zero attached hydrogens (tertiary/aromatic N) is 2. The van der Waals surface area contributed by atoms with Crippen molar-refractivity contribution in [3.05, 3.63) is 54.1 Å². The summed E-state index contributed by atoms with van der Waals surface area (Å²) in [6, 6.07) is 9.09. The fourth-order valence-electron chi connectivity index (χ4n) is 1.99. The smallest absolute Gasteiger partial charge is 0.274 e. The molecule has 1 aromatic heterocycles. The molecule has 0 aliphatic rings. The van der Waals surface area contributed by atoms with Gasteiger partial charge in [0, 0.05) is 12.2 Å². The van der Waals surface area contributed by atoms with Gasteiger partial charge in [-0.2, -0.15) is 0 Å². The zero-order valence-corrected chi connectivity index (χ0v) is 13.3. The highest BCUT2D eigenvalue weighted by atomic mass is 19.1. The normalized spacial score (nSPS) is 10.6. The van der Waals surface area contributed by atoms with Crippen LogP contribution in [0, 0.1) is 5.82 Å². The van der Waals surface area contributed by atoms with Gasteiger partial charge >= 0.3 is 0 Å². The van der Waals surface area contributed by atoms with E-state index in [0.29, 0.717) is 11.4 Å². The first kappa shape index (κ1) is 16.9. The number of amides is 1. The van der Waals surface area contributed by atoms with E-state index < -0.39 is 0 Å². The average Bonchev–Trinajstić information content (AvgIpc) is 2.54. The molecule has 122 valence electrons. The third-order valence-corrected chi connectivity index (χ3v) is 3.21. The van der Waals surface area contributed by atoms with Crippen molar-refractivity contribution in [2.24, 2.45) is 0 Å². The van der Waals surface area contributed by atoms with Crippen LogP contribution < -0.4 is 10.6 Å². The van der Waals surface area contributed by atoms with Crippen molar-refractivity contribution in [3.63, 3.8) is 0 Å². The average molecular weight is 316 g/mol. The predicted octanol–water partition coefficient (Wildman–Crippen LogP) is 2.84. The van der Waals surface area contributed by atoms with Gasteiger partial charge in [-0.05, 0) is 63.5 Å². The standard InChI is InChI=1S/C17H21FN4O/c1-22(2)11-3-10-19-15-8-9-16(20-12-15)17(23)21-14-6-4-13(18)5-7-14/h4-9,12,19H,3,10-11H2,1-2H3,(H,21,23). The van der Waals surface area contributed by atoms with Crippen LogP contribution in [0.3, 0.4) is 0 Å². The van der Waals surface area contributed by atoms with Crippen LogP contribution in [0.2, 0.25) is 0 Å². The minimum absolute atomic E-state index is 0.313. The van der Waals surface area contributed by atoms with Crippen LogP contribution in [0.25, 0.3) is 0 Å². The minimum atomic E-state index is -0.342. The summed E-state index contributed by atoms with van der Waals surface area (Å²) in [5.41, 5.74) is 1.72. The van der Waals surface area contributed by atoms with E-state index in [1.165, 1.54) is 24.3 Å². The van der Waals surface area contributed by atoms with E-state index in [1.54, 1.807) is 12.3 Å². The topological polar surface area (TPSA) is 57.3 Å². The molecule has 0 spiro atoms. The zero-order valence-electron chi connectivity index (χ0n) is 13.3. The lowest BCUT2D eigenvalue weighted by atomic mass is 10.2. The second-order valence-corrected chi connectivity index (χ2v) is 5.48. The molecular formula is C17H21FN4O. The van der Waals surface area contributed by atoms with Crippen molar-refractivity contribution >= 4 is 17.3 Å². The highest BCUT2D eigenvalue weighted by molar-refractivity contribution is 6.02. The number of aromatic nitrogens is 1. The van der Waals surface area contributed by atoms with Gasteiger partial charge in [-0.25, -0.2) is 9.37 Å². The van der Waals surface area contributed by atoms with Crippen LogP contribution >= 0.6 is 0 Å². The number of benzene rings is 1. The van der Waals surface area contributed by atoms with E-state index in [0.717, 1.165) is 25.2 Å². The maximum atomic E-state index is 12.8. The van der Waals surface area contributed by atoms with Gasteiger partial charge in [-0.1, -0.05) is 0 Å². The van der Waals surface area contributed by atoms with Crippen molar-refractivity contribution in [1.29, 1.82) is 0 Å². The highest BCUT2D eigenvalue weighted by Gasteiger charge is 2.07. The summed E-state index contributed by atoms with van der Waals surface area (Å²) in [5.74, 6) is -0.665. The number of carbonyl (C=O) groups is 1. The molecule has 0 bridgehead atoms. The Kier molecular flexibility index (Phi) is 6.05. The lowest BCUT2D eigenvalue weighted by Crippen LogP contribution is -2.16. The Morgan fingerprint density at radius 3 is 2.43 bits per heavy atom. The molecule has 2 N–H and O–H groups in total. The lowest BCUT2D eigenvalue weighted by Gasteiger charge is -2.10. The molecule has 1 amide bonds. The summed E-state index contributed by atoms with van der Waals surface area (Å²) >= 11 is 0. The van der Waals surface area contributed by atoms with Gasteiger partial charge < -0.3 is 15.5 Å². The molecule has 5 nitrogen and oxygen atoms in total. The van der Waals surface area contributed by atoms with Crippen LogP contribution in [-0.2, 0) is 0 Å². The molecule has 0 radical (unpaired) electrons. The first-order valence-electron chi connectivity index (χ1n) is 7.46. The van der Waals surface area contributed by atoms with E-state index >= 15 is 0 Å². The maximum absolute atomic E-state index is 12.8. The Morgan fingerprint density at radius 2 is 1.83 bits per heavy atom. The molecule has 0 aliphatic carbocycles. The second kappa shape index (κ2) is 8.24.